The summed E-state index contributed by atoms with van der Waals surface area (Å²) in [5.74, 6) is -0.0598. The molecule has 3 rings (SSSR count). The molecule has 0 aromatic heterocycles. The number of benzene rings is 2. The molecule has 4 nitrogen and oxygen atoms in total. The van der Waals surface area contributed by atoms with Gasteiger partial charge in [-0.1, -0.05) is 23.9 Å². The molecule has 2 unspecified atom stereocenters. The number of carboxylic acid groups (broad SMARTS) is 1. The van der Waals surface area contributed by atoms with Gasteiger partial charge in [0.05, 0.1) is 5.75 Å². The molecular weight excluding hydrogens is 317 g/mol. The standard InChI is InChI=1S/C17H16FNO3S/c18-13-3-1-2-11(8-13)9-22-14-6-4-12(5-7-14)16-19-15(10-23-16)17(20)21/h1-8,15-16,19H,9-10H2,(H,20,21). The van der Waals surface area contributed by atoms with Crippen LogP contribution < -0.4 is 15.2 Å². The third-order valence-corrected chi connectivity index (χ3v) is 5.01. The number of nitrogens with two attached hydrogens (primary N) is 1. The van der Waals surface area contributed by atoms with Gasteiger partial charge in [-0.05, 0) is 42.0 Å². The lowest BCUT2D eigenvalue weighted by Gasteiger charge is -2.12. The van der Waals surface area contributed by atoms with Crippen LogP contribution in [-0.4, -0.2) is 17.8 Å². The fraction of sp³-hybridized carbons (Fsp3) is 0.235. The Bertz CT molecular complexity index is 692. The quantitative estimate of drug-likeness (QED) is 0.880. The van der Waals surface area contributed by atoms with E-state index < -0.39 is 12.0 Å². The van der Waals surface area contributed by atoms with E-state index in [1.807, 2.05) is 35.6 Å². The van der Waals surface area contributed by atoms with Crippen molar-refractivity contribution < 1.29 is 24.3 Å². The predicted molar refractivity (Wildman–Crippen MR) is 83.1 cm³/mol. The topological polar surface area (TPSA) is 66.0 Å². The lowest BCUT2D eigenvalue weighted by atomic mass is 10.2. The van der Waals surface area contributed by atoms with E-state index in [0.717, 1.165) is 11.1 Å². The van der Waals surface area contributed by atoms with Crippen molar-refractivity contribution in [2.24, 2.45) is 0 Å². The summed E-state index contributed by atoms with van der Waals surface area (Å²) in [7, 11) is 0. The van der Waals surface area contributed by atoms with Crippen LogP contribution in [0.15, 0.2) is 48.5 Å². The van der Waals surface area contributed by atoms with Gasteiger partial charge in [-0.3, -0.25) is 0 Å². The van der Waals surface area contributed by atoms with Crippen molar-refractivity contribution in [3.63, 3.8) is 0 Å². The Morgan fingerprint density at radius 3 is 2.74 bits per heavy atom. The number of hydrogen-bond donors (Lipinski definition) is 1. The van der Waals surface area contributed by atoms with Gasteiger partial charge in [0.1, 0.15) is 30.2 Å². The third kappa shape index (κ3) is 4.03. The third-order valence-electron chi connectivity index (χ3n) is 3.67. The zero-order valence-corrected chi connectivity index (χ0v) is 13.1. The molecule has 0 bridgehead atoms. The van der Waals surface area contributed by atoms with Crippen molar-refractivity contribution in [2.45, 2.75) is 18.0 Å². The second kappa shape index (κ2) is 7.02. The van der Waals surface area contributed by atoms with Gasteiger partial charge in [0, 0.05) is 5.56 Å². The van der Waals surface area contributed by atoms with Gasteiger partial charge in [-0.2, -0.15) is 0 Å². The fourth-order valence-corrected chi connectivity index (χ4v) is 3.74. The van der Waals surface area contributed by atoms with Crippen LogP contribution in [0.3, 0.4) is 0 Å². The normalized spacial score (nSPS) is 20.4. The summed E-state index contributed by atoms with van der Waals surface area (Å²) in [6, 6.07) is 13.3. The average Bonchev–Trinajstić information content (AvgIpc) is 3.04. The Kier molecular flexibility index (Phi) is 4.83. The van der Waals surface area contributed by atoms with Crippen molar-refractivity contribution in [3.05, 3.63) is 65.5 Å². The highest BCUT2D eigenvalue weighted by Gasteiger charge is 2.30. The van der Waals surface area contributed by atoms with Crippen LogP contribution in [0.2, 0.25) is 0 Å². The Morgan fingerprint density at radius 2 is 2.09 bits per heavy atom. The molecule has 23 heavy (non-hydrogen) atoms. The van der Waals surface area contributed by atoms with Gasteiger partial charge in [-0.15, -0.1) is 0 Å². The number of carboxylic acids is 1. The molecule has 2 atom stereocenters. The minimum atomic E-state index is -1.02. The first-order valence-corrected chi connectivity index (χ1v) is 8.31. The molecule has 120 valence electrons. The number of quaternary nitrogens is 1. The Labute approximate surface area is 137 Å². The highest BCUT2D eigenvalue weighted by molar-refractivity contribution is 7.99. The smallest absolute Gasteiger partial charge is 0.159 e. The summed E-state index contributed by atoms with van der Waals surface area (Å²) >= 11 is 1.59. The summed E-state index contributed by atoms with van der Waals surface area (Å²) in [4.78, 5) is 10.9. The van der Waals surface area contributed by atoms with E-state index in [9.17, 15) is 14.3 Å². The molecule has 1 fully saturated rings. The molecule has 2 aromatic rings. The van der Waals surface area contributed by atoms with E-state index in [0.29, 0.717) is 18.1 Å². The lowest BCUT2D eigenvalue weighted by molar-refractivity contribution is -0.690. The van der Waals surface area contributed by atoms with Crippen LogP contribution in [0.5, 0.6) is 5.75 Å². The molecule has 1 aliphatic rings. The van der Waals surface area contributed by atoms with Gasteiger partial charge in [0.25, 0.3) is 0 Å². The fourth-order valence-electron chi connectivity index (χ4n) is 2.43. The molecule has 0 spiro atoms. The second-order valence-corrected chi connectivity index (χ2v) is 6.53. The molecule has 1 heterocycles. The van der Waals surface area contributed by atoms with Gasteiger partial charge >= 0.3 is 0 Å². The predicted octanol–water partition coefficient (Wildman–Crippen LogP) is 0.832. The summed E-state index contributed by atoms with van der Waals surface area (Å²) in [5, 5.41) is 12.7. The van der Waals surface area contributed by atoms with Crippen LogP contribution in [0.1, 0.15) is 16.5 Å². The van der Waals surface area contributed by atoms with Crippen LogP contribution >= 0.6 is 11.8 Å². The van der Waals surface area contributed by atoms with Crippen molar-refractivity contribution in [1.29, 1.82) is 0 Å². The second-order valence-electron chi connectivity index (χ2n) is 5.36. The Morgan fingerprint density at radius 1 is 1.30 bits per heavy atom. The van der Waals surface area contributed by atoms with Crippen molar-refractivity contribution in [3.8, 4) is 5.75 Å². The number of hydrogen-bond acceptors (Lipinski definition) is 4. The molecule has 2 N–H and O–H groups in total. The van der Waals surface area contributed by atoms with Crippen LogP contribution in [0.4, 0.5) is 4.39 Å². The summed E-state index contributed by atoms with van der Waals surface area (Å²) in [6.07, 6.45) is 0. The maximum Gasteiger partial charge on any atom is 0.159 e. The number of thioether (sulfide) groups is 1. The molecule has 0 saturated carbocycles. The van der Waals surface area contributed by atoms with Gasteiger partial charge < -0.3 is 20.0 Å². The lowest BCUT2D eigenvalue weighted by Crippen LogP contribution is -2.90. The number of rotatable bonds is 5. The molecule has 0 radical (unpaired) electrons. The zero-order valence-electron chi connectivity index (χ0n) is 12.3. The van der Waals surface area contributed by atoms with Gasteiger partial charge in [0.15, 0.2) is 5.37 Å². The maximum absolute atomic E-state index is 13.1. The first-order chi connectivity index (χ1) is 11.1. The summed E-state index contributed by atoms with van der Waals surface area (Å²) in [5.41, 5.74) is 1.81. The number of ether oxygens (including phenoxy) is 1. The van der Waals surface area contributed by atoms with Crippen LogP contribution in [0, 0.1) is 5.82 Å². The van der Waals surface area contributed by atoms with Crippen molar-refractivity contribution in [1.82, 2.24) is 0 Å². The minimum Gasteiger partial charge on any atom is -0.544 e. The average molecular weight is 333 g/mol. The van der Waals surface area contributed by atoms with E-state index in [4.69, 9.17) is 4.74 Å². The highest BCUT2D eigenvalue weighted by atomic mass is 32.2. The molecule has 6 heteroatoms. The van der Waals surface area contributed by atoms with E-state index in [2.05, 4.69) is 0 Å². The summed E-state index contributed by atoms with van der Waals surface area (Å²) in [6.45, 7) is 0.300. The first kappa shape index (κ1) is 15.8. The number of carbonyl (C=O) groups excluding carboxylic acids is 1. The zero-order chi connectivity index (χ0) is 16.2. The minimum absolute atomic E-state index is 0.0650. The molecule has 2 aromatic carbocycles. The molecule has 0 amide bonds. The van der Waals surface area contributed by atoms with E-state index in [1.165, 1.54) is 12.1 Å². The first-order valence-electron chi connectivity index (χ1n) is 7.26. The number of carbonyl (C=O) groups is 1. The van der Waals surface area contributed by atoms with E-state index in [1.54, 1.807) is 17.8 Å². The molecule has 0 aliphatic carbocycles. The largest absolute Gasteiger partial charge is 0.544 e. The number of aliphatic carboxylic acids is 1. The van der Waals surface area contributed by atoms with Gasteiger partial charge in [-0.25, -0.2) is 4.39 Å². The van der Waals surface area contributed by atoms with Crippen molar-refractivity contribution >= 4 is 17.7 Å². The molecular formula is C17H16FNO3S. The van der Waals surface area contributed by atoms with E-state index >= 15 is 0 Å². The summed E-state index contributed by atoms with van der Waals surface area (Å²) < 4.78 is 18.7. The maximum atomic E-state index is 13.1. The highest BCUT2D eigenvalue weighted by Crippen LogP contribution is 2.28. The SMILES string of the molecule is O=C([O-])C1CSC(c2ccc(OCc3cccc(F)c3)cc2)[NH2+]1. The van der Waals surface area contributed by atoms with Crippen LogP contribution in [-0.2, 0) is 11.4 Å². The number of halogens is 1. The molecule has 1 saturated heterocycles. The van der Waals surface area contributed by atoms with Crippen LogP contribution in [0.25, 0.3) is 0 Å². The Hall–Kier alpha value is -2.05. The van der Waals surface area contributed by atoms with E-state index in [-0.39, 0.29) is 11.2 Å². The Balaban J connectivity index is 1.58. The molecule has 1 aliphatic heterocycles. The van der Waals surface area contributed by atoms with Crippen molar-refractivity contribution in [2.75, 3.05) is 5.75 Å². The monoisotopic (exact) mass is 333 g/mol. The van der Waals surface area contributed by atoms with Gasteiger partial charge in [0.2, 0.25) is 0 Å².